The third-order valence-corrected chi connectivity index (χ3v) is 5.31. The number of carbonyl (C=O) groups excluding carboxylic acids is 4. The highest BCUT2D eigenvalue weighted by Crippen LogP contribution is 2.39. The monoisotopic (exact) mass is 512 g/mol. The maximum Gasteiger partial charge on any atom is 0.414 e. The number of likely N-dealkylation sites (N-methyl/N-ethyl adjacent to an activating group) is 1. The number of nitrogens with one attached hydrogen (secondary N) is 2. The fourth-order valence-electron chi connectivity index (χ4n) is 3.99. The lowest BCUT2D eigenvalue weighted by atomic mass is 9.89. The Morgan fingerprint density at radius 2 is 1.56 bits per heavy atom. The summed E-state index contributed by atoms with van der Waals surface area (Å²) in [6, 6.07) is -1.50. The highest BCUT2D eigenvalue weighted by molar-refractivity contribution is 6.01. The number of ether oxygens (including phenoxy) is 3. The fraction of sp³-hybridized carbons (Fsp3) is 0.708. The first-order valence-electron chi connectivity index (χ1n) is 11.6. The van der Waals surface area contributed by atoms with Crippen LogP contribution in [0.5, 0.6) is 0 Å². The molecule has 0 saturated heterocycles. The molecule has 0 aromatic heterocycles. The van der Waals surface area contributed by atoms with E-state index in [2.05, 4.69) is 22.2 Å². The van der Waals surface area contributed by atoms with E-state index in [0.717, 1.165) is 0 Å². The highest BCUT2D eigenvalue weighted by Gasteiger charge is 2.45. The Hall–Kier alpha value is -3.15. The zero-order valence-corrected chi connectivity index (χ0v) is 22.4. The van der Waals surface area contributed by atoms with Crippen LogP contribution in [0.3, 0.4) is 0 Å². The summed E-state index contributed by atoms with van der Waals surface area (Å²) in [5, 5.41) is 15.4. The van der Waals surface area contributed by atoms with Crippen molar-refractivity contribution in [1.29, 1.82) is 0 Å². The number of hydrogen-bond donors (Lipinski definition) is 3. The lowest BCUT2D eigenvalue weighted by Gasteiger charge is -2.35. The second kappa shape index (κ2) is 12.7. The molecule has 5 atom stereocenters. The number of nitrogens with zero attached hydrogens (tertiary/aromatic N) is 2. The number of hydrogen-bond acceptors (Lipinski definition) is 9. The standard InChI is InChI=1S/C24H40N4O8/c1-10-17(30)18(28(8)13-29)15-11-14(19(31)34-9)12-16(15)25-20(26-21(32)35-23(2,3)4)27-22(33)36-24(5,6)7/h10,13-18,30H,1,11-12H2,2-9H3,(H2,25,26,27,32,33)/t14?,15-,16+,17?,18?/m1/s1. The van der Waals surface area contributed by atoms with Gasteiger partial charge in [-0.15, -0.1) is 6.58 Å². The van der Waals surface area contributed by atoms with Gasteiger partial charge in [-0.2, -0.15) is 0 Å². The lowest BCUT2D eigenvalue weighted by molar-refractivity contribution is -0.145. The first-order valence-corrected chi connectivity index (χ1v) is 11.6. The van der Waals surface area contributed by atoms with Gasteiger partial charge in [0.1, 0.15) is 11.2 Å². The molecule has 36 heavy (non-hydrogen) atoms. The van der Waals surface area contributed by atoms with Crippen molar-refractivity contribution in [3.8, 4) is 0 Å². The van der Waals surface area contributed by atoms with E-state index in [-0.39, 0.29) is 18.8 Å². The molecule has 204 valence electrons. The summed E-state index contributed by atoms with van der Waals surface area (Å²) in [6.45, 7) is 13.7. The Kier molecular flexibility index (Phi) is 10.9. The molecule has 0 radical (unpaired) electrons. The number of esters is 1. The van der Waals surface area contributed by atoms with Crippen molar-refractivity contribution in [3.05, 3.63) is 12.7 Å². The van der Waals surface area contributed by atoms with Gasteiger partial charge in [-0.25, -0.2) is 14.6 Å². The van der Waals surface area contributed by atoms with Crippen LogP contribution in [-0.2, 0) is 23.8 Å². The van der Waals surface area contributed by atoms with Crippen molar-refractivity contribution < 1.29 is 38.5 Å². The molecule has 1 rings (SSSR count). The molecule has 3 amide bonds. The molecule has 1 aliphatic rings. The van der Waals surface area contributed by atoms with Crippen LogP contribution in [-0.4, -0.2) is 84.1 Å². The van der Waals surface area contributed by atoms with Crippen LogP contribution in [0.15, 0.2) is 17.6 Å². The number of rotatable bonds is 7. The molecule has 3 N–H and O–H groups in total. The molecule has 1 aliphatic carbocycles. The van der Waals surface area contributed by atoms with Crippen molar-refractivity contribution in [1.82, 2.24) is 15.5 Å². The number of alkyl carbamates (subject to hydrolysis) is 2. The molecule has 3 unspecified atom stereocenters. The summed E-state index contributed by atoms with van der Waals surface area (Å²) < 4.78 is 15.4. The maximum atomic E-state index is 12.5. The van der Waals surface area contributed by atoms with Gasteiger partial charge in [-0.05, 0) is 54.4 Å². The topological polar surface area (TPSA) is 156 Å². The van der Waals surface area contributed by atoms with Crippen LogP contribution in [0.1, 0.15) is 54.4 Å². The van der Waals surface area contributed by atoms with E-state index in [1.165, 1.54) is 25.1 Å². The quantitative estimate of drug-likeness (QED) is 0.117. The van der Waals surface area contributed by atoms with Crippen LogP contribution in [0.4, 0.5) is 9.59 Å². The second-order valence-corrected chi connectivity index (χ2v) is 10.6. The van der Waals surface area contributed by atoms with Gasteiger partial charge in [-0.3, -0.25) is 20.2 Å². The molecule has 12 nitrogen and oxygen atoms in total. The van der Waals surface area contributed by atoms with E-state index in [1.807, 2.05) is 0 Å². The van der Waals surface area contributed by atoms with Crippen molar-refractivity contribution in [2.75, 3.05) is 14.2 Å². The summed E-state index contributed by atoms with van der Waals surface area (Å²) in [5.74, 6) is -1.87. The molecule has 0 bridgehead atoms. The van der Waals surface area contributed by atoms with Crippen LogP contribution in [0.25, 0.3) is 0 Å². The van der Waals surface area contributed by atoms with E-state index < -0.39 is 59.4 Å². The normalized spacial score (nSPS) is 21.3. The third-order valence-electron chi connectivity index (χ3n) is 5.31. The number of amides is 3. The zero-order valence-electron chi connectivity index (χ0n) is 22.4. The number of aliphatic imine (C=N–C) groups is 1. The minimum Gasteiger partial charge on any atom is -0.469 e. The molecular formula is C24H40N4O8. The van der Waals surface area contributed by atoms with Crippen LogP contribution < -0.4 is 10.6 Å². The maximum absolute atomic E-state index is 12.5. The number of carbonyl (C=O) groups is 4. The van der Waals surface area contributed by atoms with Gasteiger partial charge < -0.3 is 24.2 Å². The van der Waals surface area contributed by atoms with Gasteiger partial charge in [0.15, 0.2) is 0 Å². The van der Waals surface area contributed by atoms with E-state index in [4.69, 9.17) is 14.2 Å². The summed E-state index contributed by atoms with van der Waals surface area (Å²) in [6.07, 6.45) is -0.604. The second-order valence-electron chi connectivity index (χ2n) is 10.6. The molecule has 0 aromatic rings. The van der Waals surface area contributed by atoms with Gasteiger partial charge in [0.05, 0.1) is 31.2 Å². The van der Waals surface area contributed by atoms with Gasteiger partial charge >= 0.3 is 18.2 Å². The minimum atomic E-state index is -1.12. The predicted octanol–water partition coefficient (Wildman–Crippen LogP) is 1.96. The largest absolute Gasteiger partial charge is 0.469 e. The Bertz CT molecular complexity index is 800. The van der Waals surface area contributed by atoms with Crippen molar-refractivity contribution in [2.24, 2.45) is 16.8 Å². The first-order chi connectivity index (χ1) is 16.5. The molecule has 0 spiro atoms. The molecule has 0 aromatic carbocycles. The number of guanidine groups is 1. The molecule has 12 heteroatoms. The Morgan fingerprint density at radius 1 is 1.06 bits per heavy atom. The van der Waals surface area contributed by atoms with Crippen LogP contribution in [0, 0.1) is 11.8 Å². The summed E-state index contributed by atoms with van der Waals surface area (Å²) in [5.41, 5.74) is -1.64. The Morgan fingerprint density at radius 3 is 1.94 bits per heavy atom. The molecule has 1 saturated carbocycles. The van der Waals surface area contributed by atoms with Crippen molar-refractivity contribution >= 4 is 30.5 Å². The number of methoxy groups -OCH3 is 1. The minimum absolute atomic E-state index is 0.180. The fourth-order valence-corrected chi connectivity index (χ4v) is 3.99. The van der Waals surface area contributed by atoms with E-state index >= 15 is 0 Å². The highest BCUT2D eigenvalue weighted by atomic mass is 16.6. The summed E-state index contributed by atoms with van der Waals surface area (Å²) in [4.78, 5) is 54.7. The molecule has 1 fully saturated rings. The number of aliphatic hydroxyl groups excluding tert-OH is 1. The van der Waals surface area contributed by atoms with Crippen molar-refractivity contribution in [2.45, 2.75) is 83.8 Å². The summed E-state index contributed by atoms with van der Waals surface area (Å²) >= 11 is 0. The molecular weight excluding hydrogens is 472 g/mol. The van der Waals surface area contributed by atoms with Crippen LogP contribution in [0.2, 0.25) is 0 Å². The lowest BCUT2D eigenvalue weighted by Crippen LogP contribution is -2.50. The molecule has 0 aliphatic heterocycles. The van der Waals surface area contributed by atoms with Gasteiger partial charge in [0, 0.05) is 13.0 Å². The van der Waals surface area contributed by atoms with E-state index in [9.17, 15) is 24.3 Å². The zero-order chi connectivity index (χ0) is 27.8. The van der Waals surface area contributed by atoms with E-state index in [1.54, 1.807) is 41.5 Å². The van der Waals surface area contributed by atoms with Gasteiger partial charge in [0.25, 0.3) is 0 Å². The number of aliphatic hydroxyl groups is 1. The SMILES string of the molecule is C=CC(O)C([C@@H]1CC(C(=O)OC)C[C@@H]1N=C(NC(=O)OC(C)(C)C)NC(=O)OC(C)(C)C)N(C)C=O. The predicted molar refractivity (Wildman–Crippen MR) is 132 cm³/mol. The smallest absolute Gasteiger partial charge is 0.414 e. The van der Waals surface area contributed by atoms with Gasteiger partial charge in [-0.1, -0.05) is 6.08 Å². The van der Waals surface area contributed by atoms with Gasteiger partial charge in [0.2, 0.25) is 12.4 Å². The first kappa shape index (κ1) is 30.9. The van der Waals surface area contributed by atoms with Crippen molar-refractivity contribution in [3.63, 3.8) is 0 Å². The average molecular weight is 513 g/mol. The average Bonchev–Trinajstić information content (AvgIpc) is 3.13. The Balaban J connectivity index is 3.44. The molecule has 0 heterocycles. The van der Waals surface area contributed by atoms with Crippen LogP contribution >= 0.6 is 0 Å². The van der Waals surface area contributed by atoms with E-state index in [0.29, 0.717) is 6.41 Å². The summed E-state index contributed by atoms with van der Waals surface area (Å²) in [7, 11) is 2.76. The third kappa shape index (κ3) is 9.84. The Labute approximate surface area is 212 Å².